The Labute approximate surface area is 118 Å². The zero-order valence-electron chi connectivity index (χ0n) is 12.4. The van der Waals surface area contributed by atoms with Crippen LogP contribution in [0.3, 0.4) is 0 Å². The number of carbonyl (C=O) groups excluding carboxylic acids is 2. The molecular formula is C14H22F2N2O2. The van der Waals surface area contributed by atoms with Gasteiger partial charge in [-0.25, -0.2) is 8.78 Å². The van der Waals surface area contributed by atoms with Crippen molar-refractivity contribution in [3.8, 4) is 0 Å². The molecule has 0 amide bonds. The fourth-order valence-corrected chi connectivity index (χ4v) is 3.40. The minimum absolute atomic E-state index is 0.0143. The van der Waals surface area contributed by atoms with Gasteiger partial charge in [0.1, 0.15) is 5.78 Å². The molecule has 6 heteroatoms. The first kappa shape index (κ1) is 15.5. The minimum Gasteiger partial charge on any atom is -0.298 e. The topological polar surface area (TPSA) is 40.6 Å². The second kappa shape index (κ2) is 4.84. The summed E-state index contributed by atoms with van der Waals surface area (Å²) in [4.78, 5) is 27.5. The quantitative estimate of drug-likeness (QED) is 0.782. The summed E-state index contributed by atoms with van der Waals surface area (Å²) >= 11 is 0. The van der Waals surface area contributed by atoms with E-state index in [1.54, 1.807) is 7.05 Å². The predicted molar refractivity (Wildman–Crippen MR) is 70.8 cm³/mol. The fraction of sp³-hybridized carbons (Fsp3) is 0.857. The Balaban J connectivity index is 2.11. The highest BCUT2D eigenvalue weighted by Crippen LogP contribution is 2.37. The molecule has 4 nitrogen and oxygen atoms in total. The van der Waals surface area contributed by atoms with E-state index < -0.39 is 23.9 Å². The monoisotopic (exact) mass is 288 g/mol. The van der Waals surface area contributed by atoms with Gasteiger partial charge < -0.3 is 0 Å². The number of likely N-dealkylation sites (tertiary alicyclic amines) is 2. The van der Waals surface area contributed by atoms with Crippen molar-refractivity contribution in [1.29, 1.82) is 0 Å². The smallest absolute Gasteiger partial charge is 0.262 e. The van der Waals surface area contributed by atoms with Gasteiger partial charge in [-0.2, -0.15) is 0 Å². The van der Waals surface area contributed by atoms with E-state index >= 15 is 0 Å². The number of halogens is 2. The van der Waals surface area contributed by atoms with Crippen LogP contribution in [0.2, 0.25) is 0 Å². The van der Waals surface area contributed by atoms with Crippen molar-refractivity contribution in [3.05, 3.63) is 0 Å². The Kier molecular flexibility index (Phi) is 3.75. The Morgan fingerprint density at radius 3 is 2.20 bits per heavy atom. The molecule has 2 aliphatic heterocycles. The van der Waals surface area contributed by atoms with Crippen LogP contribution < -0.4 is 0 Å². The molecule has 2 rings (SSSR count). The first-order valence-corrected chi connectivity index (χ1v) is 6.91. The van der Waals surface area contributed by atoms with E-state index in [-0.39, 0.29) is 24.0 Å². The van der Waals surface area contributed by atoms with Crippen molar-refractivity contribution in [3.63, 3.8) is 0 Å². The summed E-state index contributed by atoms with van der Waals surface area (Å²) in [5.41, 5.74) is -0.653. The first-order chi connectivity index (χ1) is 9.07. The van der Waals surface area contributed by atoms with Crippen LogP contribution in [-0.4, -0.2) is 66.1 Å². The van der Waals surface area contributed by atoms with Gasteiger partial charge in [0, 0.05) is 18.9 Å². The molecule has 20 heavy (non-hydrogen) atoms. The molecule has 114 valence electrons. The van der Waals surface area contributed by atoms with Gasteiger partial charge in [-0.3, -0.25) is 19.4 Å². The standard InChI is InChI=1S/C14H22F2N2O2/c1-9(19)13(2)5-10(7-18(13)4)12(20)11-6-14(15,16)8-17(11)3/h10-11H,5-8H2,1-4H3/t10-,11+,13+/m1/s1. The van der Waals surface area contributed by atoms with Crippen molar-refractivity contribution in [2.24, 2.45) is 5.92 Å². The normalized spacial score (nSPS) is 38.3. The molecule has 0 aromatic heterocycles. The average Bonchev–Trinajstić information content (AvgIpc) is 2.76. The van der Waals surface area contributed by atoms with Gasteiger partial charge in [0.15, 0.2) is 5.78 Å². The highest BCUT2D eigenvalue weighted by molar-refractivity contribution is 5.91. The second-order valence-electron chi connectivity index (χ2n) is 6.50. The third-order valence-electron chi connectivity index (χ3n) is 4.97. The van der Waals surface area contributed by atoms with Crippen molar-refractivity contribution >= 4 is 11.6 Å². The van der Waals surface area contributed by atoms with Crippen LogP contribution in [-0.2, 0) is 9.59 Å². The predicted octanol–water partition coefficient (Wildman–Crippen LogP) is 1.19. The van der Waals surface area contributed by atoms with Crippen LogP contribution in [0.1, 0.15) is 26.7 Å². The zero-order chi connectivity index (χ0) is 15.3. The van der Waals surface area contributed by atoms with Gasteiger partial charge >= 0.3 is 0 Å². The van der Waals surface area contributed by atoms with Gasteiger partial charge in [0.2, 0.25) is 0 Å². The number of likely N-dealkylation sites (N-methyl/N-ethyl adjacent to an activating group) is 2. The van der Waals surface area contributed by atoms with Gasteiger partial charge in [-0.05, 0) is 34.4 Å². The fourth-order valence-electron chi connectivity index (χ4n) is 3.40. The van der Waals surface area contributed by atoms with Crippen LogP contribution in [0.25, 0.3) is 0 Å². The Morgan fingerprint density at radius 1 is 1.20 bits per heavy atom. The maximum absolute atomic E-state index is 13.4. The molecule has 3 atom stereocenters. The van der Waals surface area contributed by atoms with Gasteiger partial charge in [0.05, 0.1) is 18.1 Å². The van der Waals surface area contributed by atoms with E-state index in [4.69, 9.17) is 0 Å². The molecule has 0 aromatic carbocycles. The summed E-state index contributed by atoms with van der Waals surface area (Å²) < 4.78 is 26.8. The summed E-state index contributed by atoms with van der Waals surface area (Å²) in [6.07, 6.45) is 0.0207. The van der Waals surface area contributed by atoms with Gasteiger partial charge in [-0.15, -0.1) is 0 Å². The number of Topliss-reactive ketones (excluding diaryl/α,β-unsaturated/α-hetero) is 2. The number of ketones is 2. The molecule has 2 heterocycles. The molecule has 2 fully saturated rings. The van der Waals surface area contributed by atoms with E-state index in [0.29, 0.717) is 13.0 Å². The molecule has 0 bridgehead atoms. The number of rotatable bonds is 3. The molecule has 2 aliphatic rings. The molecule has 2 saturated heterocycles. The largest absolute Gasteiger partial charge is 0.298 e. The Hall–Kier alpha value is -0.880. The molecular weight excluding hydrogens is 266 g/mol. The summed E-state index contributed by atoms with van der Waals surface area (Å²) in [5, 5.41) is 0. The molecule has 0 N–H and O–H groups in total. The van der Waals surface area contributed by atoms with E-state index in [1.807, 2.05) is 18.9 Å². The highest BCUT2D eigenvalue weighted by atomic mass is 19.3. The van der Waals surface area contributed by atoms with E-state index in [2.05, 4.69) is 0 Å². The van der Waals surface area contributed by atoms with E-state index in [1.165, 1.54) is 11.8 Å². The van der Waals surface area contributed by atoms with Crippen LogP contribution in [0, 0.1) is 5.92 Å². The zero-order valence-corrected chi connectivity index (χ0v) is 12.4. The Bertz CT molecular complexity index is 441. The lowest BCUT2D eigenvalue weighted by Crippen LogP contribution is -2.44. The van der Waals surface area contributed by atoms with Crippen molar-refractivity contribution in [2.45, 2.75) is 44.2 Å². The lowest BCUT2D eigenvalue weighted by atomic mass is 9.86. The number of carbonyl (C=O) groups is 2. The first-order valence-electron chi connectivity index (χ1n) is 6.91. The van der Waals surface area contributed by atoms with Crippen molar-refractivity contribution in [2.75, 3.05) is 27.2 Å². The summed E-state index contributed by atoms with van der Waals surface area (Å²) in [6, 6.07) is -0.724. The van der Waals surface area contributed by atoms with Crippen LogP contribution in [0.15, 0.2) is 0 Å². The van der Waals surface area contributed by atoms with Crippen molar-refractivity contribution in [1.82, 2.24) is 9.80 Å². The summed E-state index contributed by atoms with van der Waals surface area (Å²) in [6.45, 7) is 3.43. The lowest BCUT2D eigenvalue weighted by Gasteiger charge is -2.28. The number of nitrogens with zero attached hydrogens (tertiary/aromatic N) is 2. The molecule has 0 radical (unpaired) electrons. The molecule has 0 unspecified atom stereocenters. The van der Waals surface area contributed by atoms with Gasteiger partial charge in [0.25, 0.3) is 5.92 Å². The molecule has 0 saturated carbocycles. The van der Waals surface area contributed by atoms with Crippen LogP contribution in [0.4, 0.5) is 8.78 Å². The number of alkyl halides is 2. The van der Waals surface area contributed by atoms with E-state index in [9.17, 15) is 18.4 Å². The van der Waals surface area contributed by atoms with Crippen LogP contribution in [0.5, 0.6) is 0 Å². The molecule has 0 spiro atoms. The number of hydrogen-bond donors (Lipinski definition) is 0. The minimum atomic E-state index is -2.79. The maximum Gasteiger partial charge on any atom is 0.262 e. The molecule has 0 aromatic rings. The average molecular weight is 288 g/mol. The SMILES string of the molecule is CC(=O)[C@]1(C)C[C@@H](C(=O)[C@@H]2CC(F)(F)CN2C)CN1C. The van der Waals surface area contributed by atoms with Crippen LogP contribution >= 0.6 is 0 Å². The molecule has 0 aliphatic carbocycles. The lowest BCUT2D eigenvalue weighted by molar-refractivity contribution is -0.127. The van der Waals surface area contributed by atoms with Crippen molar-refractivity contribution < 1.29 is 18.4 Å². The third kappa shape index (κ3) is 2.51. The second-order valence-corrected chi connectivity index (χ2v) is 6.50. The number of hydrogen-bond acceptors (Lipinski definition) is 4. The maximum atomic E-state index is 13.4. The summed E-state index contributed by atoms with van der Waals surface area (Å²) in [5.74, 6) is -3.26. The Morgan fingerprint density at radius 2 is 1.80 bits per heavy atom. The van der Waals surface area contributed by atoms with E-state index in [0.717, 1.165) is 0 Å². The highest BCUT2D eigenvalue weighted by Gasteiger charge is 2.51. The third-order valence-corrected chi connectivity index (χ3v) is 4.97. The summed E-state index contributed by atoms with van der Waals surface area (Å²) in [7, 11) is 3.37. The van der Waals surface area contributed by atoms with Gasteiger partial charge in [-0.1, -0.05) is 0 Å².